The van der Waals surface area contributed by atoms with Crippen LogP contribution in [0.5, 0.6) is 0 Å². The van der Waals surface area contributed by atoms with Gasteiger partial charge in [0.05, 0.1) is 24.9 Å². The minimum atomic E-state index is -4.46. The quantitative estimate of drug-likeness (QED) is 0.589. The van der Waals surface area contributed by atoms with Crippen LogP contribution in [-0.2, 0) is 22.1 Å². The van der Waals surface area contributed by atoms with Gasteiger partial charge in [-0.05, 0) is 37.6 Å². The van der Waals surface area contributed by atoms with E-state index in [0.717, 1.165) is 12.1 Å². The van der Waals surface area contributed by atoms with Gasteiger partial charge in [0, 0.05) is 11.3 Å². The SMILES string of the molecule is COC(=O)CNCCCc1cc(-c2cccc(C(F)(F)F)c2)nc(C#N)n1. The fraction of sp³-hybridized carbons (Fsp3) is 0.333. The Labute approximate surface area is 154 Å². The molecule has 1 aromatic carbocycles. The highest BCUT2D eigenvalue weighted by molar-refractivity contribution is 5.71. The van der Waals surface area contributed by atoms with Crippen molar-refractivity contribution in [1.29, 1.82) is 5.26 Å². The second-order valence-electron chi connectivity index (χ2n) is 5.61. The summed E-state index contributed by atoms with van der Waals surface area (Å²) in [6.07, 6.45) is -3.38. The number of benzene rings is 1. The number of methoxy groups -OCH3 is 1. The number of nitriles is 1. The summed E-state index contributed by atoms with van der Waals surface area (Å²) in [5, 5.41) is 12.0. The molecule has 0 saturated carbocycles. The lowest BCUT2D eigenvalue weighted by atomic mass is 10.1. The molecule has 0 amide bonds. The first kappa shape index (κ1) is 20.3. The normalized spacial score (nSPS) is 11.1. The molecule has 2 rings (SSSR count). The number of ether oxygens (including phenoxy) is 1. The Morgan fingerprint density at radius 2 is 2.07 bits per heavy atom. The number of nitrogens with one attached hydrogen (secondary N) is 1. The largest absolute Gasteiger partial charge is 0.468 e. The standard InChI is InChI=1S/C18H17F3N4O2/c1-27-17(26)11-23-7-3-6-14-9-15(25-16(10-22)24-14)12-4-2-5-13(8-12)18(19,20)21/h2,4-5,8-9,23H,3,6-7,11H2,1H3. The Balaban J connectivity index is 2.14. The number of hydrogen-bond donors (Lipinski definition) is 1. The number of rotatable bonds is 7. The molecule has 1 aromatic heterocycles. The first-order valence-electron chi connectivity index (χ1n) is 8.06. The van der Waals surface area contributed by atoms with Gasteiger partial charge >= 0.3 is 12.1 Å². The summed E-state index contributed by atoms with van der Waals surface area (Å²) in [4.78, 5) is 19.1. The summed E-state index contributed by atoms with van der Waals surface area (Å²) in [6, 6.07) is 8.15. The number of alkyl halides is 3. The molecule has 142 valence electrons. The van der Waals surface area contributed by atoms with E-state index in [1.807, 2.05) is 6.07 Å². The zero-order chi connectivity index (χ0) is 19.9. The number of nitrogens with zero attached hydrogens (tertiary/aromatic N) is 3. The molecule has 0 bridgehead atoms. The van der Waals surface area contributed by atoms with Crippen molar-refractivity contribution in [2.75, 3.05) is 20.2 Å². The summed E-state index contributed by atoms with van der Waals surface area (Å²) in [6.45, 7) is 0.596. The number of halogens is 3. The molecule has 27 heavy (non-hydrogen) atoms. The minimum absolute atomic E-state index is 0.0825. The van der Waals surface area contributed by atoms with Gasteiger partial charge in [-0.1, -0.05) is 12.1 Å². The van der Waals surface area contributed by atoms with Gasteiger partial charge in [-0.3, -0.25) is 4.79 Å². The van der Waals surface area contributed by atoms with Gasteiger partial charge in [0.15, 0.2) is 0 Å². The molecule has 6 nitrogen and oxygen atoms in total. The van der Waals surface area contributed by atoms with E-state index in [4.69, 9.17) is 5.26 Å². The topological polar surface area (TPSA) is 87.9 Å². The number of aryl methyl sites for hydroxylation is 1. The summed E-state index contributed by atoms with van der Waals surface area (Å²) in [5.74, 6) is -0.488. The monoisotopic (exact) mass is 378 g/mol. The van der Waals surface area contributed by atoms with Crippen LogP contribution in [0.3, 0.4) is 0 Å². The number of aromatic nitrogens is 2. The second kappa shape index (κ2) is 9.09. The van der Waals surface area contributed by atoms with Crippen molar-refractivity contribution >= 4 is 5.97 Å². The first-order valence-corrected chi connectivity index (χ1v) is 8.06. The van der Waals surface area contributed by atoms with E-state index >= 15 is 0 Å². The predicted molar refractivity (Wildman–Crippen MR) is 90.4 cm³/mol. The zero-order valence-corrected chi connectivity index (χ0v) is 14.5. The molecular formula is C18H17F3N4O2. The van der Waals surface area contributed by atoms with Crippen molar-refractivity contribution in [3.05, 3.63) is 47.4 Å². The van der Waals surface area contributed by atoms with E-state index in [-0.39, 0.29) is 29.6 Å². The Morgan fingerprint density at radius 1 is 1.30 bits per heavy atom. The molecule has 0 spiro atoms. The lowest BCUT2D eigenvalue weighted by molar-refractivity contribution is -0.139. The van der Waals surface area contributed by atoms with Crippen molar-refractivity contribution in [2.45, 2.75) is 19.0 Å². The molecule has 1 N–H and O–H groups in total. The molecule has 0 aliphatic rings. The molecule has 1 heterocycles. The molecule has 0 unspecified atom stereocenters. The molecule has 0 atom stereocenters. The van der Waals surface area contributed by atoms with Crippen molar-refractivity contribution in [3.8, 4) is 17.3 Å². The fourth-order valence-corrected chi connectivity index (χ4v) is 2.34. The average molecular weight is 378 g/mol. The number of carbonyl (C=O) groups is 1. The van der Waals surface area contributed by atoms with Crippen LogP contribution in [0, 0.1) is 11.3 Å². The van der Waals surface area contributed by atoms with Crippen molar-refractivity contribution in [1.82, 2.24) is 15.3 Å². The van der Waals surface area contributed by atoms with Gasteiger partial charge in [-0.2, -0.15) is 18.4 Å². The number of carbonyl (C=O) groups excluding carboxylic acids is 1. The van der Waals surface area contributed by atoms with E-state index in [1.165, 1.54) is 19.2 Å². The van der Waals surface area contributed by atoms with E-state index in [1.54, 1.807) is 6.07 Å². The molecular weight excluding hydrogens is 361 g/mol. The van der Waals surface area contributed by atoms with E-state index in [0.29, 0.717) is 25.1 Å². The lowest BCUT2D eigenvalue weighted by Gasteiger charge is -2.10. The van der Waals surface area contributed by atoms with Crippen molar-refractivity contribution in [2.24, 2.45) is 0 Å². The third-order valence-corrected chi connectivity index (χ3v) is 3.65. The van der Waals surface area contributed by atoms with Crippen LogP contribution in [0.2, 0.25) is 0 Å². The maximum atomic E-state index is 12.9. The van der Waals surface area contributed by atoms with Gasteiger partial charge in [-0.15, -0.1) is 0 Å². The highest BCUT2D eigenvalue weighted by atomic mass is 19.4. The van der Waals surface area contributed by atoms with Gasteiger partial charge in [0.1, 0.15) is 6.07 Å². The van der Waals surface area contributed by atoms with Gasteiger partial charge in [0.2, 0.25) is 5.82 Å². The minimum Gasteiger partial charge on any atom is -0.468 e. The Hall–Kier alpha value is -2.99. The van der Waals surface area contributed by atoms with Gasteiger partial charge in [0.25, 0.3) is 0 Å². The molecule has 9 heteroatoms. The van der Waals surface area contributed by atoms with Crippen molar-refractivity contribution in [3.63, 3.8) is 0 Å². The summed E-state index contributed by atoms with van der Waals surface area (Å²) in [7, 11) is 1.30. The lowest BCUT2D eigenvalue weighted by Crippen LogP contribution is -2.25. The van der Waals surface area contributed by atoms with Crippen LogP contribution >= 0.6 is 0 Å². The van der Waals surface area contributed by atoms with Crippen LogP contribution in [0.1, 0.15) is 23.5 Å². The smallest absolute Gasteiger partial charge is 0.416 e. The third kappa shape index (κ3) is 6.04. The highest BCUT2D eigenvalue weighted by Crippen LogP contribution is 2.31. The number of esters is 1. The van der Waals surface area contributed by atoms with Crippen molar-refractivity contribution < 1.29 is 22.7 Å². The average Bonchev–Trinajstić information content (AvgIpc) is 2.66. The molecule has 2 aromatic rings. The Kier molecular flexibility index (Phi) is 6.85. The van der Waals surface area contributed by atoms with Crippen LogP contribution in [0.15, 0.2) is 30.3 Å². The second-order valence-corrected chi connectivity index (χ2v) is 5.61. The van der Waals surface area contributed by atoms with Crippen LogP contribution in [0.4, 0.5) is 13.2 Å². The molecule has 0 fully saturated rings. The number of hydrogen-bond acceptors (Lipinski definition) is 6. The van der Waals surface area contributed by atoms with Crippen LogP contribution < -0.4 is 5.32 Å². The molecule has 0 saturated heterocycles. The third-order valence-electron chi connectivity index (χ3n) is 3.65. The van der Waals surface area contributed by atoms with E-state index in [2.05, 4.69) is 20.0 Å². The molecule has 0 aliphatic heterocycles. The van der Waals surface area contributed by atoms with Gasteiger partial charge in [-0.25, -0.2) is 9.97 Å². The fourth-order valence-electron chi connectivity index (χ4n) is 2.34. The van der Waals surface area contributed by atoms with E-state index in [9.17, 15) is 18.0 Å². The first-order chi connectivity index (χ1) is 12.8. The van der Waals surface area contributed by atoms with Gasteiger partial charge < -0.3 is 10.1 Å². The Bertz CT molecular complexity index is 847. The highest BCUT2D eigenvalue weighted by Gasteiger charge is 2.30. The van der Waals surface area contributed by atoms with Crippen LogP contribution in [-0.4, -0.2) is 36.1 Å². The maximum absolute atomic E-state index is 12.9. The molecule has 0 radical (unpaired) electrons. The predicted octanol–water partition coefficient (Wildman–Crippen LogP) is 2.73. The zero-order valence-electron chi connectivity index (χ0n) is 14.5. The summed E-state index contributed by atoms with van der Waals surface area (Å²) in [5.41, 5.74) is 0.262. The molecule has 0 aliphatic carbocycles. The maximum Gasteiger partial charge on any atom is 0.416 e. The summed E-state index contributed by atoms with van der Waals surface area (Å²) >= 11 is 0. The van der Waals surface area contributed by atoms with E-state index < -0.39 is 11.7 Å². The van der Waals surface area contributed by atoms with Crippen LogP contribution in [0.25, 0.3) is 11.3 Å². The Morgan fingerprint density at radius 3 is 2.74 bits per heavy atom. The summed E-state index contributed by atoms with van der Waals surface area (Å²) < 4.78 is 43.2.